The summed E-state index contributed by atoms with van der Waals surface area (Å²) in [4.78, 5) is 41.2. The number of nitrogens with one attached hydrogen (secondary N) is 1. The molecule has 2 atom stereocenters. The third-order valence-corrected chi connectivity index (χ3v) is 6.09. The zero-order valence-corrected chi connectivity index (χ0v) is 18.4. The van der Waals surface area contributed by atoms with Crippen LogP contribution >= 0.6 is 0 Å². The molecule has 0 radical (unpaired) electrons. The van der Waals surface area contributed by atoms with E-state index in [-0.39, 0.29) is 48.8 Å². The zero-order chi connectivity index (χ0) is 22.2. The minimum absolute atomic E-state index is 0.0160. The highest BCUT2D eigenvalue weighted by Gasteiger charge is 2.39. The molecular formula is C23H33N3O5. The highest BCUT2D eigenvalue weighted by atomic mass is 16.5. The summed E-state index contributed by atoms with van der Waals surface area (Å²) >= 11 is 0. The Kier molecular flexibility index (Phi) is 8.43. The van der Waals surface area contributed by atoms with Gasteiger partial charge < -0.3 is 24.6 Å². The lowest BCUT2D eigenvalue weighted by Gasteiger charge is -2.34. The Morgan fingerprint density at radius 3 is 2.55 bits per heavy atom. The fraction of sp³-hybridized carbons (Fsp3) is 0.609. The molecule has 3 amide bonds. The Labute approximate surface area is 183 Å². The van der Waals surface area contributed by atoms with Gasteiger partial charge in [-0.05, 0) is 25.3 Å². The minimum atomic E-state index is -0.293. The van der Waals surface area contributed by atoms with Gasteiger partial charge in [-0.2, -0.15) is 0 Å². The second-order valence-corrected chi connectivity index (χ2v) is 8.25. The number of nitrogens with zero attached hydrogens (tertiary/aromatic N) is 2. The van der Waals surface area contributed by atoms with Crippen LogP contribution in [0.25, 0.3) is 0 Å². The fourth-order valence-electron chi connectivity index (χ4n) is 4.26. The Morgan fingerprint density at radius 1 is 1.16 bits per heavy atom. The maximum absolute atomic E-state index is 13.0. The Balaban J connectivity index is 1.43. The first-order chi connectivity index (χ1) is 15.0. The van der Waals surface area contributed by atoms with Crippen LogP contribution in [0.3, 0.4) is 0 Å². The molecule has 0 saturated carbocycles. The van der Waals surface area contributed by atoms with Crippen LogP contribution < -0.4 is 5.32 Å². The van der Waals surface area contributed by atoms with Crippen LogP contribution in [0.2, 0.25) is 0 Å². The number of hydrogen-bond acceptors (Lipinski definition) is 5. The van der Waals surface area contributed by atoms with Crippen molar-refractivity contribution in [2.24, 2.45) is 5.92 Å². The molecule has 8 heteroatoms. The van der Waals surface area contributed by atoms with Gasteiger partial charge in [0.1, 0.15) is 6.61 Å². The highest BCUT2D eigenvalue weighted by molar-refractivity contribution is 5.89. The van der Waals surface area contributed by atoms with E-state index in [1.807, 2.05) is 47.1 Å². The lowest BCUT2D eigenvalue weighted by molar-refractivity contribution is -0.137. The van der Waals surface area contributed by atoms with Crippen molar-refractivity contribution in [3.05, 3.63) is 35.9 Å². The van der Waals surface area contributed by atoms with Gasteiger partial charge in [0.05, 0.1) is 25.2 Å². The van der Waals surface area contributed by atoms with E-state index in [0.29, 0.717) is 45.7 Å². The number of amides is 3. The van der Waals surface area contributed by atoms with Crippen LogP contribution in [0.4, 0.5) is 0 Å². The van der Waals surface area contributed by atoms with Crippen LogP contribution in [-0.4, -0.2) is 80.1 Å². The molecule has 1 N–H and O–H groups in total. The molecule has 170 valence electrons. The van der Waals surface area contributed by atoms with Crippen LogP contribution in [0.5, 0.6) is 0 Å². The van der Waals surface area contributed by atoms with Gasteiger partial charge in [-0.1, -0.05) is 30.3 Å². The fourth-order valence-corrected chi connectivity index (χ4v) is 4.26. The summed E-state index contributed by atoms with van der Waals surface area (Å²) in [5.74, 6) is -0.360. The number of hydrogen-bond donors (Lipinski definition) is 1. The first-order valence-corrected chi connectivity index (χ1v) is 11.0. The number of rotatable bonds is 9. The predicted octanol–water partition coefficient (Wildman–Crippen LogP) is 1.37. The van der Waals surface area contributed by atoms with Crippen molar-refractivity contribution < 1.29 is 23.9 Å². The molecule has 1 aromatic carbocycles. The molecule has 2 aliphatic rings. The second-order valence-electron chi connectivity index (χ2n) is 8.25. The highest BCUT2D eigenvalue weighted by Crippen LogP contribution is 2.30. The number of carbonyl (C=O) groups excluding carboxylic acids is 3. The van der Waals surface area contributed by atoms with Gasteiger partial charge in [0, 0.05) is 39.2 Å². The molecule has 0 bridgehead atoms. The Morgan fingerprint density at radius 2 is 1.87 bits per heavy atom. The molecule has 1 aromatic rings. The van der Waals surface area contributed by atoms with E-state index in [0.717, 1.165) is 5.56 Å². The first-order valence-electron chi connectivity index (χ1n) is 11.0. The molecule has 0 aliphatic carbocycles. The summed E-state index contributed by atoms with van der Waals surface area (Å²) in [5.41, 5.74) is 1.08. The summed E-state index contributed by atoms with van der Waals surface area (Å²) in [6.07, 6.45) is 1.69. The van der Waals surface area contributed by atoms with Crippen molar-refractivity contribution in [2.75, 3.05) is 46.6 Å². The number of benzene rings is 1. The standard InChI is InChI=1S/C23H33N3O5/c1-17(18-6-4-3-5-7-18)26-15-19(14-22(26)28)23(29)25-10-8-20(9-11-25)24-21(27)16-31-13-12-30-2/h3-7,17,19-20H,8-16H2,1-2H3,(H,24,27). The van der Waals surface area contributed by atoms with Crippen molar-refractivity contribution in [1.82, 2.24) is 15.1 Å². The zero-order valence-electron chi connectivity index (χ0n) is 18.4. The molecule has 2 fully saturated rings. The maximum atomic E-state index is 13.0. The van der Waals surface area contributed by atoms with Gasteiger partial charge in [0.15, 0.2) is 0 Å². The normalized spacial score (nSPS) is 20.7. The average Bonchev–Trinajstić information content (AvgIpc) is 3.18. The maximum Gasteiger partial charge on any atom is 0.246 e. The van der Waals surface area contributed by atoms with E-state index in [2.05, 4.69) is 5.32 Å². The van der Waals surface area contributed by atoms with E-state index in [1.165, 1.54) is 0 Å². The second kappa shape index (κ2) is 11.2. The van der Waals surface area contributed by atoms with E-state index in [1.54, 1.807) is 7.11 Å². The lowest BCUT2D eigenvalue weighted by atomic mass is 10.0. The molecule has 8 nitrogen and oxygen atoms in total. The summed E-state index contributed by atoms with van der Waals surface area (Å²) in [7, 11) is 1.58. The summed E-state index contributed by atoms with van der Waals surface area (Å²) in [6, 6.07) is 9.90. The lowest BCUT2D eigenvalue weighted by Crippen LogP contribution is -2.49. The van der Waals surface area contributed by atoms with Crippen molar-refractivity contribution in [3.8, 4) is 0 Å². The van der Waals surface area contributed by atoms with E-state index >= 15 is 0 Å². The number of ether oxygens (including phenoxy) is 2. The quantitative estimate of drug-likeness (QED) is 0.597. The number of likely N-dealkylation sites (tertiary alicyclic amines) is 2. The van der Waals surface area contributed by atoms with Gasteiger partial charge in [-0.15, -0.1) is 0 Å². The monoisotopic (exact) mass is 431 g/mol. The van der Waals surface area contributed by atoms with Crippen LogP contribution in [-0.2, 0) is 23.9 Å². The summed E-state index contributed by atoms with van der Waals surface area (Å²) in [5, 5.41) is 2.97. The van der Waals surface area contributed by atoms with Gasteiger partial charge >= 0.3 is 0 Å². The van der Waals surface area contributed by atoms with Crippen molar-refractivity contribution in [3.63, 3.8) is 0 Å². The van der Waals surface area contributed by atoms with Crippen LogP contribution in [0.15, 0.2) is 30.3 Å². The largest absolute Gasteiger partial charge is 0.382 e. The molecule has 2 unspecified atom stereocenters. The Bertz CT molecular complexity index is 749. The third-order valence-electron chi connectivity index (χ3n) is 6.09. The van der Waals surface area contributed by atoms with Crippen molar-refractivity contribution in [1.29, 1.82) is 0 Å². The molecule has 3 rings (SSSR count). The molecule has 2 saturated heterocycles. The molecule has 2 aliphatic heterocycles. The van der Waals surface area contributed by atoms with Crippen molar-refractivity contribution >= 4 is 17.7 Å². The molecular weight excluding hydrogens is 398 g/mol. The number of carbonyl (C=O) groups is 3. The molecule has 2 heterocycles. The Hall–Kier alpha value is -2.45. The van der Waals surface area contributed by atoms with Gasteiger partial charge in [0.2, 0.25) is 17.7 Å². The first kappa shape index (κ1) is 23.2. The SMILES string of the molecule is COCCOCC(=O)NC1CCN(C(=O)C2CC(=O)N(C(C)c3ccccc3)C2)CC1. The summed E-state index contributed by atoms with van der Waals surface area (Å²) < 4.78 is 10.1. The third kappa shape index (κ3) is 6.27. The van der Waals surface area contributed by atoms with E-state index in [4.69, 9.17) is 9.47 Å². The molecule has 0 aromatic heterocycles. The predicted molar refractivity (Wildman–Crippen MR) is 115 cm³/mol. The van der Waals surface area contributed by atoms with Gasteiger partial charge in [-0.25, -0.2) is 0 Å². The smallest absolute Gasteiger partial charge is 0.246 e. The van der Waals surface area contributed by atoms with Gasteiger partial charge in [0.25, 0.3) is 0 Å². The number of methoxy groups -OCH3 is 1. The topological polar surface area (TPSA) is 88.2 Å². The average molecular weight is 432 g/mol. The minimum Gasteiger partial charge on any atom is -0.382 e. The summed E-state index contributed by atoms with van der Waals surface area (Å²) in [6.45, 7) is 4.51. The van der Waals surface area contributed by atoms with E-state index in [9.17, 15) is 14.4 Å². The molecule has 0 spiro atoms. The van der Waals surface area contributed by atoms with E-state index < -0.39 is 0 Å². The van der Waals surface area contributed by atoms with Crippen LogP contribution in [0, 0.1) is 5.92 Å². The molecule has 31 heavy (non-hydrogen) atoms. The van der Waals surface area contributed by atoms with Crippen LogP contribution in [0.1, 0.15) is 37.8 Å². The van der Waals surface area contributed by atoms with Gasteiger partial charge in [-0.3, -0.25) is 14.4 Å². The van der Waals surface area contributed by atoms with Crippen molar-refractivity contribution in [2.45, 2.75) is 38.3 Å². The number of piperidine rings is 1.